The molecule has 2 aromatic heterocycles. The molecule has 2 heterocycles. The topological polar surface area (TPSA) is 116 Å². The van der Waals surface area contributed by atoms with Crippen LogP contribution in [0.2, 0.25) is 0 Å². The first-order chi connectivity index (χ1) is 20.0. The Morgan fingerprint density at radius 3 is 2.26 bits per heavy atom. The van der Waals surface area contributed by atoms with E-state index in [0.717, 1.165) is 22.4 Å². The van der Waals surface area contributed by atoms with E-state index in [0.29, 0.717) is 40.5 Å². The van der Waals surface area contributed by atoms with E-state index >= 15 is 0 Å². The number of benzene rings is 3. The molecule has 1 saturated carbocycles. The van der Waals surface area contributed by atoms with Crippen molar-refractivity contribution in [3.8, 4) is 16.9 Å². The number of rotatable bonds is 9. The van der Waals surface area contributed by atoms with Crippen molar-refractivity contribution >= 4 is 36.6 Å². The maximum Gasteiger partial charge on any atom is 0.275 e. The molecule has 1 N–H and O–H groups in total. The number of ether oxygens (including phenoxy) is 1. The van der Waals surface area contributed by atoms with Crippen LogP contribution in [0.1, 0.15) is 18.4 Å². The van der Waals surface area contributed by atoms with Gasteiger partial charge in [0.2, 0.25) is 0 Å². The second-order valence-corrected chi connectivity index (χ2v) is 14.0. The zero-order valence-corrected chi connectivity index (χ0v) is 24.7. The van der Waals surface area contributed by atoms with E-state index in [-0.39, 0.29) is 15.3 Å². The Morgan fingerprint density at radius 1 is 0.881 bits per heavy atom. The number of hydrogen-bond acceptors (Lipinski definition) is 6. The van der Waals surface area contributed by atoms with Crippen molar-refractivity contribution in [1.82, 2.24) is 8.54 Å². The van der Waals surface area contributed by atoms with Gasteiger partial charge < -0.3 is 9.30 Å². The average Bonchev–Trinajstić information content (AvgIpc) is 3.69. The minimum Gasteiger partial charge on any atom is -0.493 e. The highest BCUT2D eigenvalue weighted by molar-refractivity contribution is 7.92. The molecule has 0 radical (unpaired) electrons. The van der Waals surface area contributed by atoms with Gasteiger partial charge in [0.25, 0.3) is 25.6 Å². The number of aryl methyl sites for hydroxylation is 2. The van der Waals surface area contributed by atoms with Crippen LogP contribution in [0.15, 0.2) is 106 Å². The lowest BCUT2D eigenvalue weighted by molar-refractivity contribution is 0.301. The third-order valence-electron chi connectivity index (χ3n) is 7.31. The van der Waals surface area contributed by atoms with Crippen LogP contribution in [0.4, 0.5) is 5.69 Å². The summed E-state index contributed by atoms with van der Waals surface area (Å²) in [5, 5.41) is 0.357. The molecule has 1 fully saturated rings. The van der Waals surface area contributed by atoms with Crippen molar-refractivity contribution in [3.63, 3.8) is 0 Å². The molecule has 9 nitrogen and oxygen atoms in total. The molecule has 5 aromatic rings. The molecule has 1 aliphatic carbocycles. The maximum atomic E-state index is 13.6. The predicted octanol–water partition coefficient (Wildman–Crippen LogP) is 5.14. The summed E-state index contributed by atoms with van der Waals surface area (Å²) >= 11 is 0. The van der Waals surface area contributed by atoms with Crippen LogP contribution < -0.4 is 15.0 Å². The normalized spacial score (nSPS) is 13.8. The van der Waals surface area contributed by atoms with Crippen molar-refractivity contribution in [2.24, 2.45) is 13.0 Å². The first-order valence-corrected chi connectivity index (χ1v) is 16.3. The van der Waals surface area contributed by atoms with Gasteiger partial charge in [-0.15, -0.1) is 0 Å². The Kier molecular flexibility index (Phi) is 6.94. The second kappa shape index (κ2) is 10.5. The standard InChI is InChI=1S/C31H29N3O6S2/c1-21-8-12-24(13-9-21)42(38,39)34-17-16-26-28(19-33(2)31(35)30(26)34)27-18-25(14-15-29(27)40-20-22-10-11-22)41(36,37)32-23-6-4-3-5-7-23/h3-9,12-19,22,32H,10-11,20H2,1-2H3. The van der Waals surface area contributed by atoms with Gasteiger partial charge in [0.05, 0.1) is 16.4 Å². The van der Waals surface area contributed by atoms with E-state index in [9.17, 15) is 21.6 Å². The fourth-order valence-electron chi connectivity index (χ4n) is 4.79. The average molecular weight is 604 g/mol. The summed E-state index contributed by atoms with van der Waals surface area (Å²) in [6, 6.07) is 21.1. The Hall–Kier alpha value is -4.35. The molecule has 0 unspecified atom stereocenters. The number of para-hydroxylation sites is 1. The molecule has 0 saturated heterocycles. The van der Waals surface area contributed by atoms with Crippen LogP contribution in [0.25, 0.3) is 22.0 Å². The summed E-state index contributed by atoms with van der Waals surface area (Å²) in [5.74, 6) is 0.872. The molecule has 0 spiro atoms. The van der Waals surface area contributed by atoms with E-state index in [1.807, 2.05) is 6.92 Å². The quantitative estimate of drug-likeness (QED) is 0.249. The fraction of sp³-hybridized carbons (Fsp3) is 0.194. The van der Waals surface area contributed by atoms with Crippen LogP contribution in [0.3, 0.4) is 0 Å². The molecule has 3 aromatic carbocycles. The van der Waals surface area contributed by atoms with Gasteiger partial charge in [-0.2, -0.15) is 0 Å². The van der Waals surface area contributed by atoms with Crippen molar-refractivity contribution < 1.29 is 21.6 Å². The van der Waals surface area contributed by atoms with Gasteiger partial charge >= 0.3 is 0 Å². The SMILES string of the molecule is Cc1ccc(S(=O)(=O)n2ccc3c(-c4cc(S(=O)(=O)Nc5ccccc5)ccc4OCC4CC4)cn(C)c(=O)c32)cc1. The van der Waals surface area contributed by atoms with Gasteiger partial charge in [-0.1, -0.05) is 35.9 Å². The molecule has 11 heteroatoms. The van der Waals surface area contributed by atoms with Gasteiger partial charge in [0.1, 0.15) is 11.3 Å². The summed E-state index contributed by atoms with van der Waals surface area (Å²) in [5.41, 5.74) is 1.66. The van der Waals surface area contributed by atoms with Crippen LogP contribution in [-0.4, -0.2) is 32.0 Å². The Bertz CT molecular complexity index is 2080. The number of pyridine rings is 1. The van der Waals surface area contributed by atoms with Gasteiger partial charge in [-0.25, -0.2) is 20.8 Å². The van der Waals surface area contributed by atoms with Crippen LogP contribution in [0.5, 0.6) is 5.75 Å². The number of hydrogen-bond donors (Lipinski definition) is 1. The molecule has 0 aliphatic heterocycles. The van der Waals surface area contributed by atoms with Crippen molar-refractivity contribution in [1.29, 1.82) is 0 Å². The first-order valence-electron chi connectivity index (χ1n) is 13.4. The number of anilines is 1. The Morgan fingerprint density at radius 2 is 1.57 bits per heavy atom. The van der Waals surface area contributed by atoms with E-state index < -0.39 is 25.6 Å². The minimum absolute atomic E-state index is 0.00571. The number of sulfonamides is 1. The monoisotopic (exact) mass is 603 g/mol. The molecule has 0 amide bonds. The summed E-state index contributed by atoms with van der Waals surface area (Å²) in [6.45, 7) is 2.33. The lowest BCUT2D eigenvalue weighted by Gasteiger charge is -2.16. The molecular formula is C31H29N3O6S2. The molecule has 1 aliphatic rings. The fourth-order valence-corrected chi connectivity index (χ4v) is 7.22. The van der Waals surface area contributed by atoms with E-state index in [4.69, 9.17) is 4.74 Å². The van der Waals surface area contributed by atoms with Crippen LogP contribution in [0, 0.1) is 12.8 Å². The van der Waals surface area contributed by atoms with E-state index in [2.05, 4.69) is 4.72 Å². The zero-order valence-electron chi connectivity index (χ0n) is 23.0. The van der Waals surface area contributed by atoms with Gasteiger partial charge in [-0.3, -0.25) is 9.52 Å². The van der Waals surface area contributed by atoms with Gasteiger partial charge in [0.15, 0.2) is 0 Å². The first kappa shape index (κ1) is 27.8. The highest BCUT2D eigenvalue weighted by atomic mass is 32.2. The predicted molar refractivity (Wildman–Crippen MR) is 162 cm³/mol. The molecule has 6 rings (SSSR count). The molecule has 42 heavy (non-hydrogen) atoms. The molecule has 0 bridgehead atoms. The van der Waals surface area contributed by atoms with Crippen molar-refractivity contribution in [3.05, 3.63) is 107 Å². The third-order valence-corrected chi connectivity index (χ3v) is 10.4. The van der Waals surface area contributed by atoms with E-state index in [1.54, 1.807) is 60.8 Å². The van der Waals surface area contributed by atoms with Crippen LogP contribution in [-0.2, 0) is 27.1 Å². The Labute approximate surface area is 244 Å². The highest BCUT2D eigenvalue weighted by Crippen LogP contribution is 2.39. The molecule has 216 valence electrons. The summed E-state index contributed by atoms with van der Waals surface area (Å²) in [7, 11) is -6.55. The lowest BCUT2D eigenvalue weighted by Crippen LogP contribution is -2.22. The summed E-state index contributed by atoms with van der Waals surface area (Å²) in [6.07, 6.45) is 5.06. The van der Waals surface area contributed by atoms with Gasteiger partial charge in [0, 0.05) is 41.6 Å². The smallest absolute Gasteiger partial charge is 0.275 e. The Balaban J connectivity index is 1.53. The third kappa shape index (κ3) is 5.21. The number of nitrogens with one attached hydrogen (secondary N) is 1. The van der Waals surface area contributed by atoms with Gasteiger partial charge in [-0.05, 0) is 74.2 Å². The second-order valence-electron chi connectivity index (χ2n) is 10.5. The van der Waals surface area contributed by atoms with Crippen molar-refractivity contribution in [2.45, 2.75) is 29.6 Å². The van der Waals surface area contributed by atoms with Crippen molar-refractivity contribution in [2.75, 3.05) is 11.3 Å². The van der Waals surface area contributed by atoms with E-state index in [1.165, 1.54) is 42.1 Å². The zero-order chi connectivity index (χ0) is 29.6. The lowest BCUT2D eigenvalue weighted by atomic mass is 10.0. The summed E-state index contributed by atoms with van der Waals surface area (Å²) in [4.78, 5) is 13.4. The maximum absolute atomic E-state index is 13.6. The highest BCUT2D eigenvalue weighted by Gasteiger charge is 2.27. The molecule has 0 atom stereocenters. The number of nitrogens with zero attached hydrogens (tertiary/aromatic N) is 2. The number of fused-ring (bicyclic) bond motifs is 1. The minimum atomic E-state index is -4.10. The largest absolute Gasteiger partial charge is 0.493 e. The van der Waals surface area contributed by atoms with Crippen LogP contribution >= 0.6 is 0 Å². The molecular weight excluding hydrogens is 574 g/mol. The number of aromatic nitrogens is 2. The summed E-state index contributed by atoms with van der Waals surface area (Å²) < 4.78 is 65.1.